The average Bonchev–Trinajstić information content (AvgIpc) is 3.24. The van der Waals surface area contributed by atoms with Gasteiger partial charge < -0.3 is 19.9 Å². The van der Waals surface area contributed by atoms with E-state index in [1.807, 2.05) is 35.9 Å². The van der Waals surface area contributed by atoms with Crippen molar-refractivity contribution in [1.29, 1.82) is 0 Å². The van der Waals surface area contributed by atoms with Crippen LogP contribution >= 0.6 is 23.2 Å². The van der Waals surface area contributed by atoms with Gasteiger partial charge in [-0.2, -0.15) is 5.10 Å². The first-order valence-electron chi connectivity index (χ1n) is 9.98. The van der Waals surface area contributed by atoms with Gasteiger partial charge in [-0.1, -0.05) is 23.2 Å². The lowest BCUT2D eigenvalue weighted by Crippen LogP contribution is -2.54. The van der Waals surface area contributed by atoms with E-state index in [-0.39, 0.29) is 0 Å². The summed E-state index contributed by atoms with van der Waals surface area (Å²) in [6.07, 6.45) is 3.87. The Morgan fingerprint density at radius 3 is 2.60 bits per heavy atom. The fraction of sp³-hybridized carbons (Fsp3) is 0.333. The number of nitrogens with one attached hydrogen (secondary N) is 3. The number of halogens is 2. The van der Waals surface area contributed by atoms with Crippen LogP contribution in [0, 0.1) is 6.92 Å². The average molecular weight is 444 g/mol. The number of aromatic nitrogens is 4. The fourth-order valence-corrected chi connectivity index (χ4v) is 4.85. The number of hydrogen-bond donors (Lipinski definition) is 3. The molecule has 4 heterocycles. The summed E-state index contributed by atoms with van der Waals surface area (Å²) in [6.45, 7) is 8.22. The van der Waals surface area contributed by atoms with E-state index in [0.29, 0.717) is 27.9 Å². The topological polar surface area (TPSA) is 73.3 Å². The third-order valence-corrected chi connectivity index (χ3v) is 5.99. The molecule has 156 valence electrons. The Labute approximate surface area is 184 Å². The number of aryl methyl sites for hydroxylation is 1. The van der Waals surface area contributed by atoms with Gasteiger partial charge in [0.15, 0.2) is 11.5 Å². The number of benzene rings is 1. The van der Waals surface area contributed by atoms with E-state index in [1.165, 1.54) is 0 Å². The molecule has 1 aliphatic rings. The highest BCUT2D eigenvalue weighted by molar-refractivity contribution is 6.37. The van der Waals surface area contributed by atoms with Crippen LogP contribution in [0.4, 0.5) is 17.2 Å². The molecule has 1 saturated heterocycles. The zero-order chi connectivity index (χ0) is 21.0. The van der Waals surface area contributed by atoms with Gasteiger partial charge in [0.05, 0.1) is 32.3 Å². The molecule has 3 N–H and O–H groups in total. The number of rotatable bonds is 3. The van der Waals surface area contributed by atoms with Crippen molar-refractivity contribution in [2.75, 3.05) is 23.3 Å². The zero-order valence-corrected chi connectivity index (χ0v) is 18.5. The number of fused-ring (bicyclic) bond motifs is 2. The minimum absolute atomic E-state index is 0.425. The van der Waals surface area contributed by atoms with Crippen LogP contribution in [0.25, 0.3) is 16.6 Å². The van der Waals surface area contributed by atoms with Crippen molar-refractivity contribution >= 4 is 56.9 Å². The highest BCUT2D eigenvalue weighted by Crippen LogP contribution is 2.35. The van der Waals surface area contributed by atoms with Gasteiger partial charge >= 0.3 is 0 Å². The molecule has 30 heavy (non-hydrogen) atoms. The van der Waals surface area contributed by atoms with Gasteiger partial charge in [0, 0.05) is 43.3 Å². The first kappa shape index (κ1) is 19.5. The zero-order valence-electron chi connectivity index (χ0n) is 17.0. The SMILES string of the molecule is Cc1cn2cc(Nc3n[nH]c4cc(N5C[C@H](C)N[C@@H](C)C5)cc(Cl)c34)cc(Cl)c2n1. The van der Waals surface area contributed by atoms with Gasteiger partial charge in [-0.05, 0) is 39.0 Å². The summed E-state index contributed by atoms with van der Waals surface area (Å²) >= 11 is 13.1. The highest BCUT2D eigenvalue weighted by Gasteiger charge is 2.23. The largest absolute Gasteiger partial charge is 0.368 e. The summed E-state index contributed by atoms with van der Waals surface area (Å²) in [6, 6.07) is 6.82. The van der Waals surface area contributed by atoms with E-state index in [0.717, 1.165) is 46.7 Å². The van der Waals surface area contributed by atoms with Crippen LogP contribution in [0.2, 0.25) is 10.0 Å². The maximum atomic E-state index is 6.71. The minimum Gasteiger partial charge on any atom is -0.368 e. The van der Waals surface area contributed by atoms with Gasteiger partial charge in [-0.25, -0.2) is 4.98 Å². The molecule has 4 aromatic rings. The number of anilines is 3. The van der Waals surface area contributed by atoms with E-state index in [4.69, 9.17) is 23.2 Å². The quantitative estimate of drug-likeness (QED) is 0.425. The normalized spacial score (nSPS) is 19.7. The summed E-state index contributed by atoms with van der Waals surface area (Å²) in [7, 11) is 0. The predicted molar refractivity (Wildman–Crippen MR) is 124 cm³/mol. The number of pyridine rings is 1. The van der Waals surface area contributed by atoms with Crippen LogP contribution in [-0.2, 0) is 0 Å². The number of H-pyrrole nitrogens is 1. The summed E-state index contributed by atoms with van der Waals surface area (Å²) < 4.78 is 1.90. The standard InChI is InChI=1S/C21H23Cl2N7/c1-11-7-29(8-12(2)24-11)15-5-16(22)19-18(6-15)27-28-20(19)26-14-4-17(23)21-25-13(3)9-30(21)10-14/h4-6,9-12,24H,7-8H2,1-3H3,(H2,26,27,28)/t11-,12-/m0/s1. The van der Waals surface area contributed by atoms with Crippen molar-refractivity contribution in [3.05, 3.63) is 46.3 Å². The molecular weight excluding hydrogens is 421 g/mol. The van der Waals surface area contributed by atoms with Gasteiger partial charge in [0.2, 0.25) is 0 Å². The lowest BCUT2D eigenvalue weighted by molar-refractivity contribution is 0.407. The second-order valence-corrected chi connectivity index (χ2v) is 8.93. The van der Waals surface area contributed by atoms with Gasteiger partial charge in [0.1, 0.15) is 0 Å². The molecule has 3 aromatic heterocycles. The Kier molecular flexibility index (Phi) is 4.76. The monoisotopic (exact) mass is 443 g/mol. The minimum atomic E-state index is 0.425. The fourth-order valence-electron chi connectivity index (χ4n) is 4.29. The maximum Gasteiger partial charge on any atom is 0.161 e. The first-order valence-corrected chi connectivity index (χ1v) is 10.7. The van der Waals surface area contributed by atoms with Crippen LogP contribution in [0.1, 0.15) is 19.5 Å². The first-order chi connectivity index (χ1) is 14.4. The van der Waals surface area contributed by atoms with Crippen LogP contribution in [0.3, 0.4) is 0 Å². The molecule has 0 spiro atoms. The van der Waals surface area contributed by atoms with Crippen LogP contribution in [0.5, 0.6) is 0 Å². The van der Waals surface area contributed by atoms with Crippen molar-refractivity contribution in [2.45, 2.75) is 32.9 Å². The molecule has 0 bridgehead atoms. The summed E-state index contributed by atoms with van der Waals surface area (Å²) in [5, 5.41) is 16.6. The molecule has 5 rings (SSSR count). The Balaban J connectivity index is 1.49. The van der Waals surface area contributed by atoms with Crippen molar-refractivity contribution in [1.82, 2.24) is 24.9 Å². The lowest BCUT2D eigenvalue weighted by atomic mass is 10.1. The highest BCUT2D eigenvalue weighted by atomic mass is 35.5. The van der Waals surface area contributed by atoms with E-state index in [2.05, 4.69) is 50.6 Å². The Morgan fingerprint density at radius 1 is 1.07 bits per heavy atom. The second-order valence-electron chi connectivity index (χ2n) is 8.11. The van der Waals surface area contributed by atoms with Crippen LogP contribution < -0.4 is 15.5 Å². The lowest BCUT2D eigenvalue weighted by Gasteiger charge is -2.37. The number of piperazine rings is 1. The molecule has 0 unspecified atom stereocenters. The number of nitrogens with zero attached hydrogens (tertiary/aromatic N) is 4. The third-order valence-electron chi connectivity index (χ3n) is 5.41. The Morgan fingerprint density at radius 2 is 1.83 bits per heavy atom. The number of imidazole rings is 1. The molecule has 2 atom stereocenters. The van der Waals surface area contributed by atoms with Crippen LogP contribution in [-0.4, -0.2) is 44.8 Å². The molecule has 0 radical (unpaired) electrons. The second kappa shape index (κ2) is 7.34. The van der Waals surface area contributed by atoms with E-state index in [9.17, 15) is 0 Å². The summed E-state index contributed by atoms with van der Waals surface area (Å²) in [5.74, 6) is 0.663. The molecule has 0 saturated carbocycles. The molecular formula is C21H23Cl2N7. The van der Waals surface area contributed by atoms with Crippen molar-refractivity contribution in [3.63, 3.8) is 0 Å². The molecule has 1 aromatic carbocycles. The Hall–Kier alpha value is -2.48. The van der Waals surface area contributed by atoms with E-state index in [1.54, 1.807) is 0 Å². The van der Waals surface area contributed by atoms with Crippen molar-refractivity contribution < 1.29 is 0 Å². The van der Waals surface area contributed by atoms with Crippen LogP contribution in [0.15, 0.2) is 30.6 Å². The maximum absolute atomic E-state index is 6.71. The summed E-state index contributed by atoms with van der Waals surface area (Å²) in [5.41, 5.74) is 4.44. The molecule has 0 amide bonds. The molecule has 7 nitrogen and oxygen atoms in total. The van der Waals surface area contributed by atoms with Crippen molar-refractivity contribution in [3.8, 4) is 0 Å². The third kappa shape index (κ3) is 3.47. The summed E-state index contributed by atoms with van der Waals surface area (Å²) in [4.78, 5) is 6.79. The van der Waals surface area contributed by atoms with Crippen molar-refractivity contribution in [2.24, 2.45) is 0 Å². The molecule has 0 aliphatic carbocycles. The molecule has 1 aliphatic heterocycles. The van der Waals surface area contributed by atoms with Gasteiger partial charge in [-0.15, -0.1) is 0 Å². The van der Waals surface area contributed by atoms with E-state index >= 15 is 0 Å². The van der Waals surface area contributed by atoms with Gasteiger partial charge in [0.25, 0.3) is 0 Å². The molecule has 9 heteroatoms. The number of hydrogen-bond acceptors (Lipinski definition) is 5. The van der Waals surface area contributed by atoms with E-state index < -0.39 is 0 Å². The molecule has 1 fully saturated rings. The predicted octanol–water partition coefficient (Wildman–Crippen LogP) is 4.76. The number of aromatic amines is 1. The van der Waals surface area contributed by atoms with Gasteiger partial charge in [-0.3, -0.25) is 5.10 Å². The Bertz CT molecular complexity index is 1240. The smallest absolute Gasteiger partial charge is 0.161 e.